The zero-order valence-electron chi connectivity index (χ0n) is 52.1. The van der Waals surface area contributed by atoms with Gasteiger partial charge in [-0.25, -0.2) is 9.13 Å². The van der Waals surface area contributed by atoms with Gasteiger partial charge in [0.15, 0.2) is 12.2 Å². The van der Waals surface area contributed by atoms with Crippen LogP contribution in [-0.2, 0) is 65.4 Å². The van der Waals surface area contributed by atoms with E-state index in [4.69, 9.17) is 37.0 Å². The van der Waals surface area contributed by atoms with Gasteiger partial charge in [0.1, 0.15) is 19.3 Å². The summed E-state index contributed by atoms with van der Waals surface area (Å²) in [4.78, 5) is 70.2. The third-order valence-electron chi connectivity index (χ3n) is 12.4. The predicted molar refractivity (Wildman–Crippen MR) is 326 cm³/mol. The summed E-state index contributed by atoms with van der Waals surface area (Å²) in [5.41, 5.74) is 0. The lowest BCUT2D eigenvalue weighted by Crippen LogP contribution is -2.30. The second-order valence-corrected chi connectivity index (χ2v) is 23.5. The van der Waals surface area contributed by atoms with E-state index < -0.39 is 97.5 Å². The number of allylic oxidation sites excluding steroid dienone is 6. The number of aliphatic hydroxyl groups is 1. The fourth-order valence-electron chi connectivity index (χ4n) is 7.49. The summed E-state index contributed by atoms with van der Waals surface area (Å²) in [6.45, 7) is 12.9. The van der Waals surface area contributed by atoms with E-state index >= 15 is 0 Å². The Balaban J connectivity index is -0.00000327. The van der Waals surface area contributed by atoms with Crippen LogP contribution in [0.5, 0.6) is 0 Å². The van der Waals surface area contributed by atoms with Crippen molar-refractivity contribution in [3.05, 3.63) is 36.5 Å². The molecule has 3 N–H and O–H groups in total. The van der Waals surface area contributed by atoms with Crippen LogP contribution in [-0.4, -0.2) is 96.7 Å². The van der Waals surface area contributed by atoms with E-state index in [2.05, 4.69) is 65.8 Å². The number of ether oxygens (including phenoxy) is 4. The molecule has 0 aromatic carbocycles. The molecular formula is C62H118O17P2. The van der Waals surface area contributed by atoms with Crippen molar-refractivity contribution < 1.29 is 80.2 Å². The number of carbonyl (C=O) groups excluding carboxylic acids is 4. The Hall–Kier alpha value is -2.72. The molecule has 478 valence electrons. The van der Waals surface area contributed by atoms with Crippen LogP contribution in [0.15, 0.2) is 36.5 Å². The number of hydrogen-bond donors (Lipinski definition) is 3. The highest BCUT2D eigenvalue weighted by Crippen LogP contribution is 2.45. The third-order valence-corrected chi connectivity index (χ3v) is 14.3. The first kappa shape index (κ1) is 82.5. The Morgan fingerprint density at radius 2 is 0.691 bits per heavy atom. The SMILES string of the molecule is C/C=C/C=C\CC.CCCCC/C=C/CCCCCCCC(=O)OC[C@H](COP(=O)(O)OC[C@H](O)COP(=O)(O)OC[C@@H](COC(=O)CCCC)OC(=O)CCCCCCC)OC(=O)CCCCCCCC.CCCCCCCCC. The van der Waals surface area contributed by atoms with Crippen molar-refractivity contribution in [3.63, 3.8) is 0 Å². The number of esters is 4. The maximum absolute atomic E-state index is 12.7. The molecule has 81 heavy (non-hydrogen) atoms. The number of hydrogen-bond acceptors (Lipinski definition) is 15. The van der Waals surface area contributed by atoms with Crippen LogP contribution >= 0.6 is 15.6 Å². The van der Waals surface area contributed by atoms with Crippen LogP contribution in [0.1, 0.15) is 280 Å². The van der Waals surface area contributed by atoms with Gasteiger partial charge in [0.25, 0.3) is 0 Å². The van der Waals surface area contributed by atoms with Crippen molar-refractivity contribution in [1.82, 2.24) is 0 Å². The van der Waals surface area contributed by atoms with Crippen molar-refractivity contribution in [3.8, 4) is 0 Å². The Morgan fingerprint density at radius 3 is 1.06 bits per heavy atom. The number of phosphoric acid groups is 2. The first-order valence-electron chi connectivity index (χ1n) is 31.5. The van der Waals surface area contributed by atoms with Gasteiger partial charge in [0.2, 0.25) is 0 Å². The largest absolute Gasteiger partial charge is 0.472 e. The van der Waals surface area contributed by atoms with E-state index in [-0.39, 0.29) is 25.7 Å². The van der Waals surface area contributed by atoms with Crippen LogP contribution in [0.25, 0.3) is 0 Å². The molecule has 0 aromatic heterocycles. The van der Waals surface area contributed by atoms with Gasteiger partial charge in [-0.05, 0) is 64.7 Å². The third kappa shape index (κ3) is 64.7. The van der Waals surface area contributed by atoms with Gasteiger partial charge in [-0.1, -0.05) is 226 Å². The Kier molecular flexibility index (Phi) is 63.0. The standard InChI is InChI=1S/C46H86O17P2.C9H20.C7H12/c1-5-9-13-16-18-19-20-21-22-23-26-27-31-44(49)57-37-42(63-46(51)33-29-25-17-14-10-6-2)39-61-65(54,55)59-35-40(47)34-58-64(52,53)60-38-41(36-56-43(48)30-12-8-4)62-45(50)32-28-24-15-11-7-3;1-3-5-7-9-8-6-4-2;1-3-5-7-6-4-2/h18-19,40-42,47H,5-17,20-39H2,1-4H3,(H,52,53)(H,54,55);3-9H2,1-2H3;3,5-7H,4H2,1-2H3/b19-18+;;5-3+,7-6-/t40-,41-,42-;;/m1../s1. The van der Waals surface area contributed by atoms with Crippen LogP contribution < -0.4 is 0 Å². The van der Waals surface area contributed by atoms with Crippen molar-refractivity contribution >= 4 is 39.5 Å². The molecule has 0 aromatic rings. The lowest BCUT2D eigenvalue weighted by molar-refractivity contribution is -0.161. The zero-order valence-corrected chi connectivity index (χ0v) is 53.9. The van der Waals surface area contributed by atoms with Gasteiger partial charge in [-0.15, -0.1) is 0 Å². The van der Waals surface area contributed by atoms with E-state index in [1.807, 2.05) is 26.0 Å². The number of carbonyl (C=O) groups is 4. The molecule has 2 unspecified atom stereocenters. The van der Waals surface area contributed by atoms with Gasteiger partial charge in [0, 0.05) is 25.7 Å². The number of unbranched alkanes of at least 4 members (excludes halogenated alkanes) is 24. The molecule has 0 aliphatic carbocycles. The first-order chi connectivity index (χ1) is 39.0. The van der Waals surface area contributed by atoms with Gasteiger partial charge < -0.3 is 33.8 Å². The van der Waals surface area contributed by atoms with Gasteiger partial charge in [-0.3, -0.25) is 37.3 Å². The number of aliphatic hydroxyl groups excluding tert-OH is 1. The minimum absolute atomic E-state index is 0.0958. The Labute approximate surface area is 492 Å². The topological polar surface area (TPSA) is 237 Å². The molecule has 0 spiro atoms. The maximum atomic E-state index is 12.7. The minimum Gasteiger partial charge on any atom is -0.462 e. The number of rotatable bonds is 54. The summed E-state index contributed by atoms with van der Waals surface area (Å²) < 4.78 is 66.3. The highest BCUT2D eigenvalue weighted by Gasteiger charge is 2.30. The Bertz CT molecular complexity index is 1630. The lowest BCUT2D eigenvalue weighted by atomic mass is 10.1. The van der Waals surface area contributed by atoms with E-state index in [9.17, 15) is 43.2 Å². The Morgan fingerprint density at radius 1 is 0.383 bits per heavy atom. The predicted octanol–water partition coefficient (Wildman–Crippen LogP) is 17.0. The quantitative estimate of drug-likeness (QED) is 0.0128. The van der Waals surface area contributed by atoms with Crippen LogP contribution in [0.2, 0.25) is 0 Å². The van der Waals surface area contributed by atoms with Gasteiger partial charge in [-0.2, -0.15) is 0 Å². The second-order valence-electron chi connectivity index (χ2n) is 20.6. The molecule has 17 nitrogen and oxygen atoms in total. The van der Waals surface area contributed by atoms with E-state index in [1.54, 1.807) is 0 Å². The monoisotopic (exact) mass is 1200 g/mol. The average Bonchev–Trinajstić information content (AvgIpc) is 3.44. The molecule has 0 rings (SSSR count). The maximum Gasteiger partial charge on any atom is 0.472 e. The highest BCUT2D eigenvalue weighted by molar-refractivity contribution is 7.47. The summed E-state index contributed by atoms with van der Waals surface area (Å²) in [6.07, 6.45) is 42.0. The fraction of sp³-hybridized carbons (Fsp3) is 0.839. The highest BCUT2D eigenvalue weighted by atomic mass is 31.2. The van der Waals surface area contributed by atoms with Crippen molar-refractivity contribution in [1.29, 1.82) is 0 Å². The van der Waals surface area contributed by atoms with Crippen LogP contribution in [0, 0.1) is 0 Å². The fourth-order valence-corrected chi connectivity index (χ4v) is 9.06. The molecule has 5 atom stereocenters. The molecular weight excluding hydrogens is 1080 g/mol. The summed E-state index contributed by atoms with van der Waals surface area (Å²) in [5.74, 6) is -2.23. The molecule has 0 fully saturated rings. The first-order valence-corrected chi connectivity index (χ1v) is 34.5. The van der Waals surface area contributed by atoms with E-state index in [0.717, 1.165) is 109 Å². The van der Waals surface area contributed by atoms with Crippen molar-refractivity contribution in [2.24, 2.45) is 0 Å². The number of phosphoric ester groups is 2. The van der Waals surface area contributed by atoms with E-state index in [1.165, 1.54) is 64.2 Å². The average molecular weight is 1200 g/mol. The molecule has 0 aliphatic heterocycles. The molecule has 0 saturated carbocycles. The summed E-state index contributed by atoms with van der Waals surface area (Å²) in [7, 11) is -9.82. The van der Waals surface area contributed by atoms with E-state index in [0.29, 0.717) is 25.7 Å². The van der Waals surface area contributed by atoms with Crippen LogP contribution in [0.4, 0.5) is 0 Å². The molecule has 0 saturated heterocycles. The molecule has 19 heteroatoms. The summed E-state index contributed by atoms with van der Waals surface area (Å²) in [6, 6.07) is 0. The normalized spacial score (nSPS) is 14.1. The smallest absolute Gasteiger partial charge is 0.462 e. The van der Waals surface area contributed by atoms with Crippen molar-refractivity contribution in [2.45, 2.75) is 298 Å². The van der Waals surface area contributed by atoms with Crippen molar-refractivity contribution in [2.75, 3.05) is 39.6 Å². The second kappa shape index (κ2) is 61.8. The molecule has 0 radical (unpaired) electrons. The zero-order chi connectivity index (χ0) is 60.9. The molecule has 0 aliphatic rings. The summed E-state index contributed by atoms with van der Waals surface area (Å²) >= 11 is 0. The van der Waals surface area contributed by atoms with Gasteiger partial charge in [0.05, 0.1) is 26.4 Å². The molecule has 0 heterocycles. The minimum atomic E-state index is -4.92. The van der Waals surface area contributed by atoms with Crippen LogP contribution in [0.3, 0.4) is 0 Å². The molecule has 0 bridgehead atoms. The summed E-state index contributed by atoms with van der Waals surface area (Å²) in [5, 5.41) is 10.3. The van der Waals surface area contributed by atoms with Gasteiger partial charge >= 0.3 is 39.5 Å². The lowest BCUT2D eigenvalue weighted by Gasteiger charge is -2.21. The molecule has 0 amide bonds.